The van der Waals surface area contributed by atoms with Crippen molar-refractivity contribution in [3.05, 3.63) is 75.6 Å². The Bertz CT molecular complexity index is 785. The summed E-state index contributed by atoms with van der Waals surface area (Å²) in [4.78, 5) is 27.0. The number of ketones is 1. The van der Waals surface area contributed by atoms with Crippen LogP contribution >= 0.6 is 0 Å². The number of benzene rings is 2. The molecule has 142 valence electrons. The average molecular weight is 371 g/mol. The van der Waals surface area contributed by atoms with E-state index in [1.54, 1.807) is 0 Å². The van der Waals surface area contributed by atoms with Gasteiger partial charge in [0.25, 0.3) is 5.69 Å². The molecular weight excluding hydrogens is 349 g/mol. The molecule has 0 aromatic heterocycles. The second-order valence-electron chi connectivity index (χ2n) is 6.72. The number of nitro benzene ring substituents is 1. The van der Waals surface area contributed by atoms with Crippen LogP contribution in [0.1, 0.15) is 22.3 Å². The van der Waals surface area contributed by atoms with Crippen molar-refractivity contribution >= 4 is 11.5 Å². The topological polar surface area (TPSA) is 66.7 Å². The van der Waals surface area contributed by atoms with Crippen molar-refractivity contribution in [2.75, 3.05) is 32.7 Å². The molecule has 0 N–H and O–H groups in total. The molecule has 0 unspecified atom stereocenters. The molecule has 2 aromatic carbocycles. The molecule has 1 aliphatic heterocycles. The molecular formula is C20H22FN3O3. The summed E-state index contributed by atoms with van der Waals surface area (Å²) in [7, 11) is 0. The second kappa shape index (κ2) is 8.83. The van der Waals surface area contributed by atoms with Gasteiger partial charge in [-0.3, -0.25) is 19.8 Å². The fourth-order valence-electron chi connectivity index (χ4n) is 3.19. The number of Topliss-reactive ketones (excluding diaryl/α,β-unsaturated/α-hetero) is 1. The van der Waals surface area contributed by atoms with Gasteiger partial charge in [0.1, 0.15) is 5.82 Å². The second-order valence-corrected chi connectivity index (χ2v) is 6.72. The zero-order chi connectivity index (χ0) is 19.2. The Morgan fingerprint density at radius 3 is 2.15 bits per heavy atom. The van der Waals surface area contributed by atoms with Crippen molar-refractivity contribution in [2.45, 2.75) is 13.0 Å². The molecule has 0 radical (unpaired) electrons. The first kappa shape index (κ1) is 19.1. The maximum absolute atomic E-state index is 13.0. The zero-order valence-electron chi connectivity index (χ0n) is 15.0. The summed E-state index contributed by atoms with van der Waals surface area (Å²) in [5, 5.41) is 10.7. The third kappa shape index (κ3) is 5.42. The standard InChI is InChI=1S/C20H22FN3O3/c21-18-5-1-16(2-6-18)15-23-13-11-22(12-14-23)10-9-20(25)17-3-7-19(8-4-17)24(26)27/h1-8H,9-15H2. The van der Waals surface area contributed by atoms with Crippen LogP contribution < -0.4 is 0 Å². The molecule has 1 fully saturated rings. The Hall–Kier alpha value is -2.64. The number of carbonyl (C=O) groups is 1. The van der Waals surface area contributed by atoms with Crippen LogP contribution in [0.15, 0.2) is 48.5 Å². The van der Waals surface area contributed by atoms with Gasteiger partial charge < -0.3 is 4.90 Å². The Labute approximate surface area is 157 Å². The minimum Gasteiger partial charge on any atom is -0.300 e. The molecule has 7 heteroatoms. The van der Waals surface area contributed by atoms with Gasteiger partial charge in [-0.2, -0.15) is 0 Å². The Kier molecular flexibility index (Phi) is 6.26. The summed E-state index contributed by atoms with van der Waals surface area (Å²) in [6.07, 6.45) is 0.399. The van der Waals surface area contributed by atoms with Gasteiger partial charge in [0.15, 0.2) is 5.78 Å². The van der Waals surface area contributed by atoms with E-state index >= 15 is 0 Å². The van der Waals surface area contributed by atoms with Gasteiger partial charge in [-0.25, -0.2) is 4.39 Å². The first-order valence-electron chi connectivity index (χ1n) is 8.98. The van der Waals surface area contributed by atoms with E-state index in [0.29, 0.717) is 18.5 Å². The lowest BCUT2D eigenvalue weighted by atomic mass is 10.1. The molecule has 6 nitrogen and oxygen atoms in total. The SMILES string of the molecule is O=C(CCN1CCN(Cc2ccc(F)cc2)CC1)c1ccc([N+](=O)[O-])cc1. The fourth-order valence-corrected chi connectivity index (χ4v) is 3.19. The van der Waals surface area contributed by atoms with Gasteiger partial charge in [0.2, 0.25) is 0 Å². The van der Waals surface area contributed by atoms with Crippen LogP contribution in [0.5, 0.6) is 0 Å². The van der Waals surface area contributed by atoms with Crippen LogP contribution in [0.3, 0.4) is 0 Å². The number of rotatable bonds is 7. The highest BCUT2D eigenvalue weighted by Gasteiger charge is 2.18. The fraction of sp³-hybridized carbons (Fsp3) is 0.350. The normalized spacial score (nSPS) is 15.6. The lowest BCUT2D eigenvalue weighted by Crippen LogP contribution is -2.46. The average Bonchev–Trinajstić information content (AvgIpc) is 2.69. The number of hydrogen-bond acceptors (Lipinski definition) is 5. The predicted octanol–water partition coefficient (Wildman–Crippen LogP) is 3.12. The number of nitro groups is 1. The van der Waals surface area contributed by atoms with Gasteiger partial charge in [0.05, 0.1) is 4.92 Å². The van der Waals surface area contributed by atoms with Crippen molar-refractivity contribution in [1.82, 2.24) is 9.80 Å². The lowest BCUT2D eigenvalue weighted by molar-refractivity contribution is -0.384. The van der Waals surface area contributed by atoms with E-state index in [1.807, 2.05) is 12.1 Å². The lowest BCUT2D eigenvalue weighted by Gasteiger charge is -2.34. The van der Waals surface area contributed by atoms with E-state index in [4.69, 9.17) is 0 Å². The third-order valence-electron chi connectivity index (χ3n) is 4.84. The smallest absolute Gasteiger partial charge is 0.269 e. The van der Waals surface area contributed by atoms with Gasteiger partial charge >= 0.3 is 0 Å². The van der Waals surface area contributed by atoms with Crippen molar-refractivity contribution in [2.24, 2.45) is 0 Å². The highest BCUT2D eigenvalue weighted by molar-refractivity contribution is 5.96. The van der Waals surface area contributed by atoms with Crippen LogP contribution in [0.25, 0.3) is 0 Å². The van der Waals surface area contributed by atoms with Gasteiger partial charge in [-0.1, -0.05) is 12.1 Å². The summed E-state index contributed by atoms with van der Waals surface area (Å²) >= 11 is 0. The molecule has 3 rings (SSSR count). The molecule has 1 saturated heterocycles. The van der Waals surface area contributed by atoms with E-state index in [1.165, 1.54) is 36.4 Å². The van der Waals surface area contributed by atoms with E-state index in [0.717, 1.165) is 38.3 Å². The summed E-state index contributed by atoms with van der Waals surface area (Å²) in [6, 6.07) is 12.3. The van der Waals surface area contributed by atoms with E-state index in [2.05, 4.69) is 9.80 Å². The summed E-state index contributed by atoms with van der Waals surface area (Å²) in [6.45, 7) is 5.06. The number of carbonyl (C=O) groups excluding carboxylic acids is 1. The molecule has 27 heavy (non-hydrogen) atoms. The van der Waals surface area contributed by atoms with Gasteiger partial charge in [0, 0.05) is 63.4 Å². The quantitative estimate of drug-likeness (QED) is 0.425. The molecule has 0 bridgehead atoms. The number of non-ortho nitro benzene ring substituents is 1. The summed E-state index contributed by atoms with van der Waals surface area (Å²) < 4.78 is 13.0. The summed E-state index contributed by atoms with van der Waals surface area (Å²) in [5.41, 5.74) is 1.59. The highest BCUT2D eigenvalue weighted by Crippen LogP contribution is 2.14. The van der Waals surface area contributed by atoms with Crippen LogP contribution in [-0.2, 0) is 6.54 Å². The monoisotopic (exact) mass is 371 g/mol. The number of hydrogen-bond donors (Lipinski definition) is 0. The van der Waals surface area contributed by atoms with Crippen molar-refractivity contribution < 1.29 is 14.1 Å². The maximum atomic E-state index is 13.0. The van der Waals surface area contributed by atoms with Crippen LogP contribution in [0.4, 0.5) is 10.1 Å². The Balaban J connectivity index is 1.41. The molecule has 0 spiro atoms. The third-order valence-corrected chi connectivity index (χ3v) is 4.84. The number of piperazine rings is 1. The number of nitrogens with zero attached hydrogens (tertiary/aromatic N) is 3. The maximum Gasteiger partial charge on any atom is 0.269 e. The molecule has 1 heterocycles. The zero-order valence-corrected chi connectivity index (χ0v) is 15.0. The van der Waals surface area contributed by atoms with Crippen LogP contribution in [0.2, 0.25) is 0 Å². The molecule has 2 aromatic rings. The van der Waals surface area contributed by atoms with E-state index in [9.17, 15) is 19.3 Å². The van der Waals surface area contributed by atoms with Crippen molar-refractivity contribution in [1.29, 1.82) is 0 Å². The minimum absolute atomic E-state index is 0.00126. The Morgan fingerprint density at radius 2 is 1.56 bits per heavy atom. The Morgan fingerprint density at radius 1 is 0.963 bits per heavy atom. The van der Waals surface area contributed by atoms with Gasteiger partial charge in [-0.05, 0) is 29.8 Å². The van der Waals surface area contributed by atoms with Crippen molar-refractivity contribution in [3.63, 3.8) is 0 Å². The minimum atomic E-state index is -0.473. The summed E-state index contributed by atoms with van der Waals surface area (Å²) in [5.74, 6) is -0.222. The molecule has 0 saturated carbocycles. The van der Waals surface area contributed by atoms with E-state index < -0.39 is 4.92 Å². The van der Waals surface area contributed by atoms with Crippen LogP contribution in [-0.4, -0.2) is 53.2 Å². The first-order valence-corrected chi connectivity index (χ1v) is 8.98. The van der Waals surface area contributed by atoms with E-state index in [-0.39, 0.29) is 17.3 Å². The first-order chi connectivity index (χ1) is 13.0. The largest absolute Gasteiger partial charge is 0.300 e. The molecule has 0 amide bonds. The molecule has 0 aliphatic carbocycles. The molecule has 0 atom stereocenters. The highest BCUT2D eigenvalue weighted by atomic mass is 19.1. The number of halogens is 1. The van der Waals surface area contributed by atoms with Gasteiger partial charge in [-0.15, -0.1) is 0 Å². The van der Waals surface area contributed by atoms with Crippen molar-refractivity contribution in [3.8, 4) is 0 Å². The molecule has 1 aliphatic rings. The van der Waals surface area contributed by atoms with Crippen LogP contribution in [0, 0.1) is 15.9 Å². The predicted molar refractivity (Wildman–Crippen MR) is 100 cm³/mol.